The third-order valence-electron chi connectivity index (χ3n) is 13.9. The van der Waals surface area contributed by atoms with Crippen molar-refractivity contribution in [3.8, 4) is 0 Å². The minimum absolute atomic E-state index is 0.0748. The molecule has 0 aromatic rings. The van der Waals surface area contributed by atoms with Gasteiger partial charge in [0.15, 0.2) is 6.10 Å². The Hall–Kier alpha value is -2.37. The van der Waals surface area contributed by atoms with E-state index in [1.54, 1.807) is 0 Å². The third kappa shape index (κ3) is 56.5. The van der Waals surface area contributed by atoms with Gasteiger partial charge >= 0.3 is 17.9 Å². The van der Waals surface area contributed by atoms with Crippen molar-refractivity contribution in [3.63, 3.8) is 0 Å². The van der Waals surface area contributed by atoms with Crippen molar-refractivity contribution < 1.29 is 28.6 Å². The molecule has 0 fully saturated rings. The highest BCUT2D eigenvalue weighted by Gasteiger charge is 2.19. The smallest absolute Gasteiger partial charge is 0.306 e. The van der Waals surface area contributed by atoms with Crippen molar-refractivity contribution in [3.05, 3.63) is 36.5 Å². The van der Waals surface area contributed by atoms with Gasteiger partial charge in [0.1, 0.15) is 13.2 Å². The van der Waals surface area contributed by atoms with Gasteiger partial charge in [-0.2, -0.15) is 0 Å². The molecule has 410 valence electrons. The summed E-state index contributed by atoms with van der Waals surface area (Å²) < 4.78 is 16.8. The van der Waals surface area contributed by atoms with E-state index in [0.717, 1.165) is 96.3 Å². The molecule has 0 aliphatic carbocycles. The van der Waals surface area contributed by atoms with Crippen LogP contribution < -0.4 is 0 Å². The van der Waals surface area contributed by atoms with E-state index in [9.17, 15) is 14.4 Å². The molecule has 0 saturated heterocycles. The Morgan fingerprint density at radius 3 is 0.871 bits per heavy atom. The van der Waals surface area contributed by atoms with E-state index in [1.165, 1.54) is 199 Å². The van der Waals surface area contributed by atoms with E-state index in [1.807, 2.05) is 0 Å². The van der Waals surface area contributed by atoms with Gasteiger partial charge in [0.2, 0.25) is 0 Å². The van der Waals surface area contributed by atoms with Crippen LogP contribution in [0.4, 0.5) is 0 Å². The summed E-state index contributed by atoms with van der Waals surface area (Å²) in [6.07, 6.45) is 71.8. The van der Waals surface area contributed by atoms with Crippen LogP contribution in [0, 0.1) is 0 Å². The zero-order chi connectivity index (χ0) is 50.7. The Labute approximate surface area is 435 Å². The normalized spacial score (nSPS) is 12.2. The molecule has 0 aromatic heterocycles. The predicted octanol–water partition coefficient (Wildman–Crippen LogP) is 20.8. The number of esters is 3. The van der Waals surface area contributed by atoms with Crippen LogP contribution in [-0.4, -0.2) is 37.2 Å². The van der Waals surface area contributed by atoms with E-state index in [0.29, 0.717) is 19.3 Å². The molecule has 0 radical (unpaired) electrons. The van der Waals surface area contributed by atoms with Crippen molar-refractivity contribution in [2.75, 3.05) is 13.2 Å². The van der Waals surface area contributed by atoms with Crippen LogP contribution in [0.25, 0.3) is 0 Å². The van der Waals surface area contributed by atoms with Gasteiger partial charge in [0.25, 0.3) is 0 Å². The minimum atomic E-state index is -0.776. The van der Waals surface area contributed by atoms with Gasteiger partial charge in [-0.05, 0) is 51.4 Å². The summed E-state index contributed by atoms with van der Waals surface area (Å²) >= 11 is 0. The van der Waals surface area contributed by atoms with Gasteiger partial charge in [-0.15, -0.1) is 0 Å². The first kappa shape index (κ1) is 67.6. The van der Waals surface area contributed by atoms with Crippen molar-refractivity contribution in [1.82, 2.24) is 0 Å². The summed E-state index contributed by atoms with van der Waals surface area (Å²) in [5, 5.41) is 0. The largest absolute Gasteiger partial charge is 0.462 e. The lowest BCUT2D eigenvalue weighted by Gasteiger charge is -2.18. The average molecular weight is 984 g/mol. The highest BCUT2D eigenvalue weighted by Crippen LogP contribution is 2.18. The average Bonchev–Trinajstić information content (AvgIpc) is 3.36. The number of carbonyl (C=O) groups excluding carboxylic acids is 3. The molecule has 0 saturated carbocycles. The fraction of sp³-hybridized carbons (Fsp3) is 0.859. The van der Waals surface area contributed by atoms with Gasteiger partial charge in [-0.1, -0.05) is 301 Å². The van der Waals surface area contributed by atoms with Crippen molar-refractivity contribution in [2.45, 2.75) is 341 Å². The summed E-state index contributed by atoms with van der Waals surface area (Å²) in [5.41, 5.74) is 0. The van der Waals surface area contributed by atoms with Crippen molar-refractivity contribution in [2.24, 2.45) is 0 Å². The first-order valence-corrected chi connectivity index (χ1v) is 31.0. The van der Waals surface area contributed by atoms with Gasteiger partial charge in [-0.25, -0.2) is 0 Å². The summed E-state index contributed by atoms with van der Waals surface area (Å²) in [4.78, 5) is 38.1. The van der Waals surface area contributed by atoms with Crippen LogP contribution in [0.5, 0.6) is 0 Å². The number of unbranched alkanes of at least 4 members (excludes halogenated alkanes) is 40. The Kier molecular flexibility index (Phi) is 57.2. The van der Waals surface area contributed by atoms with Crippen LogP contribution >= 0.6 is 0 Å². The van der Waals surface area contributed by atoms with Crippen LogP contribution in [-0.2, 0) is 28.6 Å². The molecule has 0 N–H and O–H groups in total. The molecule has 0 aliphatic heterocycles. The SMILES string of the molecule is CC/C=C\C/C=C\C/C=C\CCCCCCCC(=O)OC(COC(=O)CCCCCCCCCCC)COC(=O)CCCCCCCCCCCCCCCCCCCCCCCCCCCCCC. The molecule has 6 heteroatoms. The fourth-order valence-corrected chi connectivity index (χ4v) is 9.28. The molecule has 6 nitrogen and oxygen atoms in total. The Balaban J connectivity index is 4.09. The molecule has 0 heterocycles. The summed E-state index contributed by atoms with van der Waals surface area (Å²) in [5.74, 6) is -0.877. The van der Waals surface area contributed by atoms with E-state index >= 15 is 0 Å². The lowest BCUT2D eigenvalue weighted by atomic mass is 10.0. The Morgan fingerprint density at radius 2 is 0.557 bits per heavy atom. The number of hydrogen-bond acceptors (Lipinski definition) is 6. The second kappa shape index (κ2) is 59.2. The third-order valence-corrected chi connectivity index (χ3v) is 13.9. The molecular formula is C64H118O6. The number of rotatable bonds is 57. The summed E-state index contributed by atoms with van der Waals surface area (Å²) in [6, 6.07) is 0. The molecule has 0 bridgehead atoms. The summed E-state index contributed by atoms with van der Waals surface area (Å²) in [7, 11) is 0. The van der Waals surface area contributed by atoms with Gasteiger partial charge in [0.05, 0.1) is 0 Å². The molecule has 0 aromatic carbocycles. The van der Waals surface area contributed by atoms with Gasteiger partial charge in [0, 0.05) is 19.3 Å². The van der Waals surface area contributed by atoms with Crippen molar-refractivity contribution in [1.29, 1.82) is 0 Å². The molecule has 0 aliphatic rings. The second-order valence-electron chi connectivity index (χ2n) is 21.0. The lowest BCUT2D eigenvalue weighted by molar-refractivity contribution is -0.167. The minimum Gasteiger partial charge on any atom is -0.462 e. The molecule has 1 unspecified atom stereocenters. The van der Waals surface area contributed by atoms with E-state index in [4.69, 9.17) is 14.2 Å². The second-order valence-corrected chi connectivity index (χ2v) is 21.0. The standard InChI is InChI=1S/C64H118O6/c1-4-7-10-13-16-19-21-23-25-26-27-28-29-30-31-32-33-34-35-36-37-39-40-42-45-48-51-54-57-63(66)69-60-61(59-68-62(65)56-53-50-47-44-18-15-12-9-6-3)70-64(67)58-55-52-49-46-43-41-38-24-22-20-17-14-11-8-5-2/h8,11,17,20,24,38,61H,4-7,9-10,12-16,18-19,21-23,25-37,39-60H2,1-3H3/b11-8-,20-17-,38-24-. The maximum absolute atomic E-state index is 12.8. The monoisotopic (exact) mass is 983 g/mol. The fourth-order valence-electron chi connectivity index (χ4n) is 9.28. The molecule has 0 spiro atoms. The maximum Gasteiger partial charge on any atom is 0.306 e. The van der Waals surface area contributed by atoms with E-state index in [-0.39, 0.29) is 31.1 Å². The van der Waals surface area contributed by atoms with Crippen LogP contribution in [0.3, 0.4) is 0 Å². The van der Waals surface area contributed by atoms with Crippen LogP contribution in [0.1, 0.15) is 335 Å². The Morgan fingerprint density at radius 1 is 0.300 bits per heavy atom. The topological polar surface area (TPSA) is 78.9 Å². The first-order chi connectivity index (χ1) is 34.5. The van der Waals surface area contributed by atoms with Gasteiger partial charge in [-0.3, -0.25) is 14.4 Å². The number of ether oxygens (including phenoxy) is 3. The zero-order valence-electron chi connectivity index (χ0n) is 47.1. The molecule has 70 heavy (non-hydrogen) atoms. The summed E-state index contributed by atoms with van der Waals surface area (Å²) in [6.45, 7) is 6.54. The number of allylic oxidation sites excluding steroid dienone is 6. The van der Waals surface area contributed by atoms with Crippen LogP contribution in [0.15, 0.2) is 36.5 Å². The highest BCUT2D eigenvalue weighted by atomic mass is 16.6. The zero-order valence-corrected chi connectivity index (χ0v) is 47.1. The molecule has 0 amide bonds. The molecular weight excluding hydrogens is 865 g/mol. The Bertz CT molecular complexity index is 1170. The quantitative estimate of drug-likeness (QED) is 0.0261. The van der Waals surface area contributed by atoms with Gasteiger partial charge < -0.3 is 14.2 Å². The number of carbonyl (C=O) groups is 3. The maximum atomic E-state index is 12.8. The predicted molar refractivity (Wildman–Crippen MR) is 302 cm³/mol. The van der Waals surface area contributed by atoms with Crippen LogP contribution in [0.2, 0.25) is 0 Å². The number of hydrogen-bond donors (Lipinski definition) is 0. The highest BCUT2D eigenvalue weighted by molar-refractivity contribution is 5.71. The first-order valence-electron chi connectivity index (χ1n) is 31.0. The molecule has 0 rings (SSSR count). The van der Waals surface area contributed by atoms with E-state index < -0.39 is 6.10 Å². The molecule has 1 atom stereocenters. The van der Waals surface area contributed by atoms with Crippen molar-refractivity contribution >= 4 is 17.9 Å². The van der Waals surface area contributed by atoms with E-state index in [2.05, 4.69) is 57.2 Å². The lowest BCUT2D eigenvalue weighted by Crippen LogP contribution is -2.30.